The summed E-state index contributed by atoms with van der Waals surface area (Å²) in [7, 11) is 0. The molecular weight excluding hydrogens is 327 g/mol. The van der Waals surface area contributed by atoms with E-state index in [2.05, 4.69) is 5.32 Å². The van der Waals surface area contributed by atoms with Crippen molar-refractivity contribution in [2.75, 3.05) is 0 Å². The first kappa shape index (κ1) is 17.7. The van der Waals surface area contributed by atoms with Crippen LogP contribution in [-0.4, -0.2) is 28.9 Å². The van der Waals surface area contributed by atoms with Gasteiger partial charge in [0.15, 0.2) is 0 Å². The molecule has 3 fully saturated rings. The molecule has 2 aliphatic heterocycles. The number of nitrogens with zero attached hydrogens (tertiary/aromatic N) is 1. The molecule has 1 saturated carbocycles. The number of amides is 1. The lowest BCUT2D eigenvalue weighted by atomic mass is 9.89. The largest absolute Gasteiger partial charge is 0.335 e. The lowest BCUT2D eigenvalue weighted by molar-refractivity contribution is -0.133. The summed E-state index contributed by atoms with van der Waals surface area (Å²) in [5.74, 6) is 0.524. The van der Waals surface area contributed by atoms with Crippen LogP contribution < -0.4 is 5.32 Å². The fourth-order valence-electron chi connectivity index (χ4n) is 4.32. The number of benzene rings is 1. The number of piperidine rings is 1. The zero-order chi connectivity index (χ0) is 15.8. The predicted octanol–water partition coefficient (Wildman–Crippen LogP) is 3.66. The van der Waals surface area contributed by atoms with E-state index < -0.39 is 0 Å². The minimum Gasteiger partial charge on any atom is -0.335 e. The Labute approximate surface area is 149 Å². The number of carbonyl (C=O) groups is 1. The zero-order valence-electron chi connectivity index (χ0n) is 13.9. The minimum atomic E-state index is -0.203. The summed E-state index contributed by atoms with van der Waals surface area (Å²) >= 11 is 0. The van der Waals surface area contributed by atoms with Crippen LogP contribution in [0.5, 0.6) is 0 Å². The number of fused-ring (bicyclic) bond motifs is 2. The van der Waals surface area contributed by atoms with Crippen LogP contribution in [0, 0.1) is 11.7 Å². The van der Waals surface area contributed by atoms with E-state index in [4.69, 9.17) is 0 Å². The van der Waals surface area contributed by atoms with Gasteiger partial charge in [0.25, 0.3) is 0 Å². The van der Waals surface area contributed by atoms with E-state index in [0.717, 1.165) is 25.7 Å². The Morgan fingerprint density at radius 1 is 1.12 bits per heavy atom. The van der Waals surface area contributed by atoms with Crippen molar-refractivity contribution in [3.05, 3.63) is 35.6 Å². The quantitative estimate of drug-likeness (QED) is 0.877. The first-order chi connectivity index (χ1) is 11.2. The third-order valence-corrected chi connectivity index (χ3v) is 5.64. The second-order valence-corrected chi connectivity index (χ2v) is 7.52. The van der Waals surface area contributed by atoms with Crippen molar-refractivity contribution >= 4 is 18.3 Å². The maximum absolute atomic E-state index is 13.9. The highest BCUT2D eigenvalue weighted by Gasteiger charge is 2.37. The molecular formula is C19H26ClFN2O. The molecule has 132 valence electrons. The lowest BCUT2D eigenvalue weighted by Gasteiger charge is -2.31. The van der Waals surface area contributed by atoms with Crippen molar-refractivity contribution in [3.8, 4) is 0 Å². The molecule has 0 radical (unpaired) electrons. The third kappa shape index (κ3) is 3.92. The Morgan fingerprint density at radius 3 is 2.42 bits per heavy atom. The summed E-state index contributed by atoms with van der Waals surface area (Å²) in [4.78, 5) is 14.8. The van der Waals surface area contributed by atoms with Gasteiger partial charge in [0.05, 0.1) is 0 Å². The van der Waals surface area contributed by atoms with Gasteiger partial charge >= 0.3 is 0 Å². The van der Waals surface area contributed by atoms with Crippen molar-refractivity contribution < 1.29 is 9.18 Å². The molecule has 2 saturated heterocycles. The topological polar surface area (TPSA) is 32.3 Å². The van der Waals surface area contributed by atoms with Gasteiger partial charge in [-0.3, -0.25) is 4.79 Å². The lowest BCUT2D eigenvalue weighted by Crippen LogP contribution is -2.41. The van der Waals surface area contributed by atoms with Gasteiger partial charge in [0, 0.05) is 36.7 Å². The normalized spacial score (nSPS) is 28.3. The van der Waals surface area contributed by atoms with Crippen LogP contribution in [0.4, 0.5) is 4.39 Å². The van der Waals surface area contributed by atoms with Crippen LogP contribution in [0.3, 0.4) is 0 Å². The molecule has 1 N–H and O–H groups in total. The third-order valence-electron chi connectivity index (χ3n) is 5.64. The maximum Gasteiger partial charge on any atom is 0.223 e. The summed E-state index contributed by atoms with van der Waals surface area (Å²) in [5, 5.41) is 3.63. The molecule has 3 nitrogen and oxygen atoms in total. The van der Waals surface area contributed by atoms with Gasteiger partial charge in [-0.25, -0.2) is 4.39 Å². The SMILES string of the molecule is Cl.O=C(CC1CC2CCC(C1)N2)N(Cc1ccccc1F)C1CC1. The van der Waals surface area contributed by atoms with Crippen LogP contribution in [0.25, 0.3) is 0 Å². The van der Waals surface area contributed by atoms with Crippen molar-refractivity contribution in [1.82, 2.24) is 10.2 Å². The molecule has 1 amide bonds. The molecule has 1 aliphatic carbocycles. The summed E-state index contributed by atoms with van der Waals surface area (Å²) in [5.41, 5.74) is 0.637. The van der Waals surface area contributed by atoms with Gasteiger partial charge in [0.2, 0.25) is 5.91 Å². The van der Waals surface area contributed by atoms with E-state index in [1.807, 2.05) is 11.0 Å². The average molecular weight is 353 g/mol. The first-order valence-corrected chi connectivity index (χ1v) is 8.98. The van der Waals surface area contributed by atoms with Crippen molar-refractivity contribution in [3.63, 3.8) is 0 Å². The van der Waals surface area contributed by atoms with Gasteiger partial charge in [-0.1, -0.05) is 18.2 Å². The number of carbonyl (C=O) groups excluding carboxylic acids is 1. The minimum absolute atomic E-state index is 0. The zero-order valence-corrected chi connectivity index (χ0v) is 14.7. The van der Waals surface area contributed by atoms with Crippen LogP contribution in [0.2, 0.25) is 0 Å². The maximum atomic E-state index is 13.9. The number of halogens is 2. The fraction of sp³-hybridized carbons (Fsp3) is 0.632. The average Bonchev–Trinajstić information content (AvgIpc) is 3.31. The van der Waals surface area contributed by atoms with Crippen molar-refractivity contribution in [1.29, 1.82) is 0 Å². The predicted molar refractivity (Wildman–Crippen MR) is 94.5 cm³/mol. The molecule has 5 heteroatoms. The summed E-state index contributed by atoms with van der Waals surface area (Å²) in [6.07, 6.45) is 7.55. The highest BCUT2D eigenvalue weighted by Crippen LogP contribution is 2.35. The number of hydrogen-bond donors (Lipinski definition) is 1. The highest BCUT2D eigenvalue weighted by molar-refractivity contribution is 5.85. The molecule has 1 aromatic carbocycles. The monoisotopic (exact) mass is 352 g/mol. The number of hydrogen-bond acceptors (Lipinski definition) is 2. The second-order valence-electron chi connectivity index (χ2n) is 7.52. The molecule has 0 aromatic heterocycles. The van der Waals surface area contributed by atoms with Crippen molar-refractivity contribution in [2.24, 2.45) is 5.92 Å². The second kappa shape index (κ2) is 7.40. The Hall–Kier alpha value is -1.13. The van der Waals surface area contributed by atoms with Gasteiger partial charge in [-0.15, -0.1) is 12.4 Å². The molecule has 4 rings (SSSR count). The Kier molecular flexibility index (Phi) is 5.46. The Balaban J connectivity index is 0.00000169. The standard InChI is InChI=1S/C19H25FN2O.ClH/c20-18-4-2-1-3-14(18)12-22(17-7-8-17)19(23)11-13-9-15-5-6-16(10-13)21-15;/h1-4,13,15-17,21H,5-12H2;1H. The van der Waals surface area contributed by atoms with E-state index >= 15 is 0 Å². The fourth-order valence-corrected chi connectivity index (χ4v) is 4.32. The molecule has 2 heterocycles. The van der Waals surface area contributed by atoms with Crippen LogP contribution in [-0.2, 0) is 11.3 Å². The Morgan fingerprint density at radius 2 is 1.79 bits per heavy atom. The van der Waals surface area contributed by atoms with Crippen LogP contribution >= 0.6 is 12.4 Å². The van der Waals surface area contributed by atoms with Crippen LogP contribution in [0.15, 0.2) is 24.3 Å². The molecule has 0 spiro atoms. The Bertz CT molecular complexity index is 580. The van der Waals surface area contributed by atoms with Crippen molar-refractivity contribution in [2.45, 2.75) is 69.6 Å². The first-order valence-electron chi connectivity index (χ1n) is 8.98. The van der Waals surface area contributed by atoms with E-state index in [-0.39, 0.29) is 24.1 Å². The summed E-state index contributed by atoms with van der Waals surface area (Å²) < 4.78 is 13.9. The van der Waals surface area contributed by atoms with E-state index in [0.29, 0.717) is 42.6 Å². The molecule has 2 unspecified atom stereocenters. The molecule has 1 aromatic rings. The smallest absolute Gasteiger partial charge is 0.223 e. The van der Waals surface area contributed by atoms with Crippen LogP contribution in [0.1, 0.15) is 50.5 Å². The molecule has 3 aliphatic rings. The molecule has 2 atom stereocenters. The van der Waals surface area contributed by atoms with E-state index in [1.54, 1.807) is 12.1 Å². The highest BCUT2D eigenvalue weighted by atomic mass is 35.5. The number of nitrogens with one attached hydrogen (secondary N) is 1. The van der Waals surface area contributed by atoms with Gasteiger partial charge in [0.1, 0.15) is 5.82 Å². The summed E-state index contributed by atoms with van der Waals surface area (Å²) in [6.45, 7) is 0.425. The number of rotatable bonds is 5. The van der Waals surface area contributed by atoms with E-state index in [9.17, 15) is 9.18 Å². The summed E-state index contributed by atoms with van der Waals surface area (Å²) in [6, 6.07) is 8.39. The van der Waals surface area contributed by atoms with Gasteiger partial charge in [-0.2, -0.15) is 0 Å². The molecule has 24 heavy (non-hydrogen) atoms. The van der Waals surface area contributed by atoms with E-state index in [1.165, 1.54) is 18.9 Å². The van der Waals surface area contributed by atoms with Gasteiger partial charge in [-0.05, 0) is 50.5 Å². The molecule has 2 bridgehead atoms. The van der Waals surface area contributed by atoms with Gasteiger partial charge < -0.3 is 10.2 Å².